The third-order valence-electron chi connectivity index (χ3n) is 3.82. The number of nitrogens with one attached hydrogen (secondary N) is 1. The monoisotopic (exact) mass is 321 g/mol. The smallest absolute Gasteiger partial charge is 0.220 e. The van der Waals surface area contributed by atoms with Gasteiger partial charge in [0.15, 0.2) is 0 Å². The van der Waals surface area contributed by atoms with Gasteiger partial charge in [0.05, 0.1) is 31.7 Å². The Hall–Kier alpha value is -1.66. The van der Waals surface area contributed by atoms with Gasteiger partial charge in [0.2, 0.25) is 5.91 Å². The highest BCUT2D eigenvalue weighted by Crippen LogP contribution is 2.13. The predicted molar refractivity (Wildman–Crippen MR) is 88.0 cm³/mol. The van der Waals surface area contributed by atoms with Gasteiger partial charge in [-0.05, 0) is 26.7 Å². The van der Waals surface area contributed by atoms with Crippen molar-refractivity contribution in [2.24, 2.45) is 0 Å². The lowest BCUT2D eigenvalue weighted by atomic mass is 10.1. The minimum atomic E-state index is -0.0601. The SMILES string of the molecule is CC(C)=CCO[C@H]1CCOC[C@H]1NC(=O)CCCn1ccnc1. The number of carbonyl (C=O) groups excluding carboxylic acids is 1. The van der Waals surface area contributed by atoms with Gasteiger partial charge in [-0.15, -0.1) is 0 Å². The fourth-order valence-corrected chi connectivity index (χ4v) is 2.51. The van der Waals surface area contributed by atoms with E-state index >= 15 is 0 Å². The molecular weight excluding hydrogens is 294 g/mol. The van der Waals surface area contributed by atoms with Gasteiger partial charge in [-0.2, -0.15) is 0 Å². The quantitative estimate of drug-likeness (QED) is 0.743. The molecule has 23 heavy (non-hydrogen) atoms. The Balaban J connectivity index is 1.71. The first kappa shape index (κ1) is 17.7. The summed E-state index contributed by atoms with van der Waals surface area (Å²) in [5.74, 6) is 0.0522. The zero-order chi connectivity index (χ0) is 16.5. The van der Waals surface area contributed by atoms with E-state index in [-0.39, 0.29) is 18.1 Å². The Morgan fingerprint density at radius 2 is 2.39 bits per heavy atom. The summed E-state index contributed by atoms with van der Waals surface area (Å²) in [5.41, 5.74) is 1.23. The van der Waals surface area contributed by atoms with Crippen LogP contribution in [0.25, 0.3) is 0 Å². The van der Waals surface area contributed by atoms with E-state index in [0.29, 0.717) is 26.2 Å². The second-order valence-electron chi connectivity index (χ2n) is 6.09. The molecular formula is C17H27N3O3. The fourth-order valence-electron chi connectivity index (χ4n) is 2.51. The molecule has 0 saturated carbocycles. The number of nitrogens with zero attached hydrogens (tertiary/aromatic N) is 2. The number of hydrogen-bond acceptors (Lipinski definition) is 4. The maximum Gasteiger partial charge on any atom is 0.220 e. The normalized spacial score (nSPS) is 21.0. The van der Waals surface area contributed by atoms with Gasteiger partial charge < -0.3 is 19.4 Å². The average molecular weight is 321 g/mol. The topological polar surface area (TPSA) is 65.4 Å². The summed E-state index contributed by atoms with van der Waals surface area (Å²) in [6.07, 6.45) is 9.59. The van der Waals surface area contributed by atoms with Crippen molar-refractivity contribution >= 4 is 5.91 Å². The van der Waals surface area contributed by atoms with E-state index in [0.717, 1.165) is 19.4 Å². The fraction of sp³-hybridized carbons (Fsp3) is 0.647. The number of hydrogen-bond donors (Lipinski definition) is 1. The van der Waals surface area contributed by atoms with Crippen LogP contribution in [-0.2, 0) is 20.8 Å². The van der Waals surface area contributed by atoms with Crippen LogP contribution in [-0.4, -0.2) is 47.4 Å². The lowest BCUT2D eigenvalue weighted by molar-refractivity contribution is -0.125. The van der Waals surface area contributed by atoms with Crippen LogP contribution >= 0.6 is 0 Å². The Kier molecular flexibility index (Phi) is 7.29. The molecule has 6 heteroatoms. The highest BCUT2D eigenvalue weighted by molar-refractivity contribution is 5.76. The van der Waals surface area contributed by atoms with E-state index < -0.39 is 0 Å². The molecule has 2 heterocycles. The molecule has 128 valence electrons. The van der Waals surface area contributed by atoms with Gasteiger partial charge >= 0.3 is 0 Å². The van der Waals surface area contributed by atoms with Crippen molar-refractivity contribution in [3.8, 4) is 0 Å². The number of amides is 1. The second kappa shape index (κ2) is 9.47. The number of ether oxygens (including phenoxy) is 2. The first-order valence-electron chi connectivity index (χ1n) is 8.23. The Morgan fingerprint density at radius 3 is 3.13 bits per heavy atom. The van der Waals surface area contributed by atoms with Crippen LogP contribution in [0.2, 0.25) is 0 Å². The minimum absolute atomic E-state index is 0.0250. The van der Waals surface area contributed by atoms with Gasteiger partial charge in [-0.25, -0.2) is 4.98 Å². The number of allylic oxidation sites excluding steroid dienone is 1. The molecule has 0 spiro atoms. The van der Waals surface area contributed by atoms with Crippen LogP contribution in [0.3, 0.4) is 0 Å². The molecule has 0 aromatic carbocycles. The molecule has 0 aliphatic carbocycles. The number of rotatable bonds is 8. The molecule has 1 fully saturated rings. The maximum atomic E-state index is 12.1. The van der Waals surface area contributed by atoms with Crippen LogP contribution in [0.4, 0.5) is 0 Å². The van der Waals surface area contributed by atoms with E-state index in [9.17, 15) is 4.79 Å². The summed E-state index contributed by atoms with van der Waals surface area (Å²) in [4.78, 5) is 16.1. The van der Waals surface area contributed by atoms with Crippen LogP contribution in [0.15, 0.2) is 30.4 Å². The van der Waals surface area contributed by atoms with Crippen LogP contribution in [0, 0.1) is 0 Å². The molecule has 2 atom stereocenters. The second-order valence-corrected chi connectivity index (χ2v) is 6.09. The average Bonchev–Trinajstić information content (AvgIpc) is 3.02. The van der Waals surface area contributed by atoms with E-state index in [4.69, 9.17) is 9.47 Å². The van der Waals surface area contributed by atoms with Gasteiger partial charge in [0.1, 0.15) is 0 Å². The van der Waals surface area contributed by atoms with E-state index in [1.165, 1.54) is 5.57 Å². The lowest BCUT2D eigenvalue weighted by Gasteiger charge is -2.32. The van der Waals surface area contributed by atoms with Crippen molar-refractivity contribution in [2.75, 3.05) is 19.8 Å². The van der Waals surface area contributed by atoms with Gasteiger partial charge in [0, 0.05) is 32.0 Å². The zero-order valence-electron chi connectivity index (χ0n) is 14.0. The highest BCUT2D eigenvalue weighted by Gasteiger charge is 2.27. The van der Waals surface area contributed by atoms with E-state index in [2.05, 4.69) is 16.4 Å². The standard InChI is InChI=1S/C17H27N3O3/c1-14(2)5-11-23-16-6-10-22-12-15(16)19-17(21)4-3-8-20-9-7-18-13-20/h5,7,9,13,15-16H,3-4,6,8,10-12H2,1-2H3,(H,19,21)/t15-,16+/m1/s1. The molecule has 6 nitrogen and oxygen atoms in total. The van der Waals surface area contributed by atoms with Crippen LogP contribution in [0.5, 0.6) is 0 Å². The zero-order valence-corrected chi connectivity index (χ0v) is 14.0. The first-order valence-corrected chi connectivity index (χ1v) is 8.23. The van der Waals surface area contributed by atoms with Crippen molar-refractivity contribution in [2.45, 2.75) is 51.8 Å². The number of aromatic nitrogens is 2. The molecule has 0 radical (unpaired) electrons. The Bertz CT molecular complexity index is 495. The van der Waals surface area contributed by atoms with Crippen molar-refractivity contribution in [1.29, 1.82) is 0 Å². The highest BCUT2D eigenvalue weighted by atomic mass is 16.5. The summed E-state index contributed by atoms with van der Waals surface area (Å²) < 4.78 is 13.3. The molecule has 2 rings (SSSR count). The molecule has 1 saturated heterocycles. The number of carbonyl (C=O) groups is 1. The van der Waals surface area contributed by atoms with E-state index in [1.807, 2.05) is 24.6 Å². The Labute approximate surface area is 137 Å². The van der Waals surface area contributed by atoms with Crippen molar-refractivity contribution in [1.82, 2.24) is 14.9 Å². The summed E-state index contributed by atoms with van der Waals surface area (Å²) in [7, 11) is 0. The molecule has 0 unspecified atom stereocenters. The molecule has 1 aromatic heterocycles. The number of aryl methyl sites for hydroxylation is 1. The Morgan fingerprint density at radius 1 is 1.52 bits per heavy atom. The summed E-state index contributed by atoms with van der Waals surface area (Å²) in [6.45, 7) is 6.69. The van der Waals surface area contributed by atoms with Crippen molar-refractivity contribution < 1.29 is 14.3 Å². The summed E-state index contributed by atoms with van der Waals surface area (Å²) in [6, 6.07) is -0.0601. The molecule has 1 aliphatic rings. The van der Waals surface area contributed by atoms with Crippen LogP contribution < -0.4 is 5.32 Å². The van der Waals surface area contributed by atoms with Crippen LogP contribution in [0.1, 0.15) is 33.1 Å². The van der Waals surface area contributed by atoms with Gasteiger partial charge in [-0.3, -0.25) is 4.79 Å². The molecule has 1 aromatic rings. The van der Waals surface area contributed by atoms with E-state index in [1.54, 1.807) is 12.5 Å². The van der Waals surface area contributed by atoms with Gasteiger partial charge in [0.25, 0.3) is 0 Å². The molecule has 1 N–H and O–H groups in total. The predicted octanol–water partition coefficient (Wildman–Crippen LogP) is 1.92. The first-order chi connectivity index (χ1) is 11.1. The summed E-state index contributed by atoms with van der Waals surface area (Å²) >= 11 is 0. The van der Waals surface area contributed by atoms with Gasteiger partial charge in [-0.1, -0.05) is 11.6 Å². The third-order valence-corrected chi connectivity index (χ3v) is 3.82. The van der Waals surface area contributed by atoms with Crippen molar-refractivity contribution in [3.63, 3.8) is 0 Å². The maximum absolute atomic E-state index is 12.1. The lowest BCUT2D eigenvalue weighted by Crippen LogP contribution is -2.50. The van der Waals surface area contributed by atoms with Crippen molar-refractivity contribution in [3.05, 3.63) is 30.4 Å². The molecule has 1 aliphatic heterocycles. The molecule has 1 amide bonds. The third kappa shape index (κ3) is 6.54. The minimum Gasteiger partial charge on any atom is -0.379 e. The summed E-state index contributed by atoms with van der Waals surface area (Å²) in [5, 5.41) is 3.05. The largest absolute Gasteiger partial charge is 0.379 e. The molecule has 0 bridgehead atoms. The number of imidazole rings is 1.